The predicted octanol–water partition coefficient (Wildman–Crippen LogP) is 9.68. The lowest BCUT2D eigenvalue weighted by molar-refractivity contribution is 0.588. The molecule has 0 heterocycles. The van der Waals surface area contributed by atoms with E-state index in [0.717, 1.165) is 0 Å². The molecule has 0 saturated heterocycles. The van der Waals surface area contributed by atoms with Crippen molar-refractivity contribution in [2.45, 2.75) is 105 Å². The summed E-state index contributed by atoms with van der Waals surface area (Å²) >= 11 is 0. The lowest BCUT2D eigenvalue weighted by Crippen LogP contribution is -2.16. The first kappa shape index (κ1) is 26.3. The highest BCUT2D eigenvalue weighted by Crippen LogP contribution is 2.40. The van der Waals surface area contributed by atoms with Crippen LogP contribution in [0.4, 0.5) is 0 Å². The van der Waals surface area contributed by atoms with E-state index in [1.807, 2.05) is 0 Å². The predicted molar refractivity (Wildman–Crippen MR) is 151 cm³/mol. The molecule has 34 heavy (non-hydrogen) atoms. The SMILES string of the molecule is Cc1cc(C(C)(C)C)ccc1C(c1ccc(C(C)(C)C)cc1C)c1ccc(C(C)(C)C)cc1C. The molecule has 0 radical (unpaired) electrons. The standard InChI is InChI=1S/C34H46/c1-22-19-25(32(4,5)6)13-16-28(22)31(29-17-14-26(20-23(29)2)33(7,8)9)30-18-15-27(21-24(30)3)34(10,11)12/h13-21,31H,1-12H3. The van der Waals surface area contributed by atoms with Crippen LogP contribution in [0.25, 0.3) is 0 Å². The number of benzene rings is 3. The molecule has 0 spiro atoms. The van der Waals surface area contributed by atoms with E-state index >= 15 is 0 Å². The molecule has 0 nitrogen and oxygen atoms in total. The summed E-state index contributed by atoms with van der Waals surface area (Å²) < 4.78 is 0. The molecule has 0 amide bonds. The zero-order chi connectivity index (χ0) is 25.6. The molecule has 0 aliphatic heterocycles. The van der Waals surface area contributed by atoms with Crippen LogP contribution in [0.2, 0.25) is 0 Å². The molecular weight excluding hydrogens is 408 g/mol. The van der Waals surface area contributed by atoms with E-state index in [4.69, 9.17) is 0 Å². The molecule has 0 fully saturated rings. The molecule has 3 aromatic carbocycles. The normalized spacial score (nSPS) is 13.0. The van der Waals surface area contributed by atoms with Crippen LogP contribution in [0.15, 0.2) is 54.6 Å². The molecule has 0 heteroatoms. The van der Waals surface area contributed by atoms with Gasteiger partial charge in [-0.2, -0.15) is 0 Å². The summed E-state index contributed by atoms with van der Waals surface area (Å²) in [4.78, 5) is 0. The van der Waals surface area contributed by atoms with Crippen molar-refractivity contribution in [1.29, 1.82) is 0 Å². The van der Waals surface area contributed by atoms with Gasteiger partial charge in [-0.3, -0.25) is 0 Å². The Kier molecular flexibility index (Phi) is 6.97. The van der Waals surface area contributed by atoms with Gasteiger partial charge in [-0.05, 0) is 87.1 Å². The first-order valence-corrected chi connectivity index (χ1v) is 12.8. The van der Waals surface area contributed by atoms with Crippen molar-refractivity contribution < 1.29 is 0 Å². The third-order valence-electron chi connectivity index (χ3n) is 7.34. The second-order valence-electron chi connectivity index (χ2n) is 13.4. The quantitative estimate of drug-likeness (QED) is 0.345. The van der Waals surface area contributed by atoms with E-state index in [-0.39, 0.29) is 22.2 Å². The van der Waals surface area contributed by atoms with E-state index in [9.17, 15) is 0 Å². The van der Waals surface area contributed by atoms with Crippen molar-refractivity contribution in [3.63, 3.8) is 0 Å². The molecule has 0 N–H and O–H groups in total. The largest absolute Gasteiger partial charge is 0.0582 e. The average Bonchev–Trinajstić information content (AvgIpc) is 2.69. The molecule has 0 unspecified atom stereocenters. The third-order valence-corrected chi connectivity index (χ3v) is 7.34. The van der Waals surface area contributed by atoms with Crippen LogP contribution in [0.5, 0.6) is 0 Å². The summed E-state index contributed by atoms with van der Waals surface area (Å²) in [5.41, 5.74) is 13.0. The number of aryl methyl sites for hydroxylation is 3. The van der Waals surface area contributed by atoms with E-state index < -0.39 is 0 Å². The molecule has 0 saturated carbocycles. The van der Waals surface area contributed by atoms with Crippen molar-refractivity contribution in [3.05, 3.63) is 105 Å². The molecular formula is C34H46. The molecule has 0 aliphatic carbocycles. The second-order valence-corrected chi connectivity index (χ2v) is 13.4. The summed E-state index contributed by atoms with van der Waals surface area (Å²) in [6, 6.07) is 21.4. The molecule has 182 valence electrons. The monoisotopic (exact) mass is 454 g/mol. The average molecular weight is 455 g/mol. The van der Waals surface area contributed by atoms with Gasteiger partial charge in [-0.1, -0.05) is 117 Å². The van der Waals surface area contributed by atoms with Crippen LogP contribution in [0, 0.1) is 20.8 Å². The summed E-state index contributed by atoms with van der Waals surface area (Å²) in [7, 11) is 0. The number of hydrogen-bond donors (Lipinski definition) is 0. The molecule has 0 bridgehead atoms. The van der Waals surface area contributed by atoms with Crippen molar-refractivity contribution >= 4 is 0 Å². The van der Waals surface area contributed by atoms with Gasteiger partial charge in [-0.15, -0.1) is 0 Å². The van der Waals surface area contributed by atoms with Gasteiger partial charge in [-0.25, -0.2) is 0 Å². The lowest BCUT2D eigenvalue weighted by atomic mass is 9.75. The van der Waals surface area contributed by atoms with Crippen molar-refractivity contribution in [2.75, 3.05) is 0 Å². The van der Waals surface area contributed by atoms with Crippen molar-refractivity contribution in [1.82, 2.24) is 0 Å². The van der Waals surface area contributed by atoms with Crippen LogP contribution >= 0.6 is 0 Å². The Labute approximate surface area is 209 Å². The summed E-state index contributed by atoms with van der Waals surface area (Å²) in [6.45, 7) is 27.5. The fraction of sp³-hybridized carbons (Fsp3) is 0.471. The third kappa shape index (κ3) is 5.48. The van der Waals surface area contributed by atoms with Crippen molar-refractivity contribution in [3.8, 4) is 0 Å². The van der Waals surface area contributed by atoms with E-state index in [1.165, 1.54) is 50.1 Å². The Balaban J connectivity index is 2.26. The smallest absolute Gasteiger partial charge is 0.0347 e. The zero-order valence-electron chi connectivity index (χ0n) is 23.8. The van der Waals surface area contributed by atoms with Crippen LogP contribution in [-0.4, -0.2) is 0 Å². The number of rotatable bonds is 3. The van der Waals surface area contributed by atoms with Gasteiger partial charge in [0, 0.05) is 5.92 Å². The van der Waals surface area contributed by atoms with E-state index in [2.05, 4.69) is 138 Å². The van der Waals surface area contributed by atoms with Gasteiger partial charge in [0.25, 0.3) is 0 Å². The van der Waals surface area contributed by atoms with Crippen LogP contribution < -0.4 is 0 Å². The first-order chi connectivity index (χ1) is 15.5. The van der Waals surface area contributed by atoms with Crippen LogP contribution in [0.3, 0.4) is 0 Å². The maximum atomic E-state index is 2.40. The lowest BCUT2D eigenvalue weighted by Gasteiger charge is -2.29. The van der Waals surface area contributed by atoms with Gasteiger partial charge in [0.1, 0.15) is 0 Å². The minimum absolute atomic E-state index is 0.146. The second kappa shape index (κ2) is 9.03. The zero-order valence-corrected chi connectivity index (χ0v) is 23.8. The Hall–Kier alpha value is -2.34. The van der Waals surface area contributed by atoms with Gasteiger partial charge in [0.2, 0.25) is 0 Å². The maximum absolute atomic E-state index is 2.40. The Morgan fingerprint density at radius 2 is 0.647 bits per heavy atom. The highest BCUT2D eigenvalue weighted by atomic mass is 14.3. The molecule has 3 aromatic rings. The first-order valence-electron chi connectivity index (χ1n) is 12.8. The van der Waals surface area contributed by atoms with E-state index in [0.29, 0.717) is 0 Å². The number of hydrogen-bond acceptors (Lipinski definition) is 0. The fourth-order valence-electron chi connectivity index (χ4n) is 4.90. The summed E-state index contributed by atoms with van der Waals surface area (Å²) in [5, 5.41) is 0. The Morgan fingerprint density at radius 3 is 0.824 bits per heavy atom. The summed E-state index contributed by atoms with van der Waals surface area (Å²) in [5.74, 6) is 0.219. The van der Waals surface area contributed by atoms with Gasteiger partial charge < -0.3 is 0 Å². The Bertz CT molecular complexity index is 1020. The van der Waals surface area contributed by atoms with Crippen LogP contribution in [0.1, 0.15) is 118 Å². The van der Waals surface area contributed by atoms with Gasteiger partial charge in [0.15, 0.2) is 0 Å². The van der Waals surface area contributed by atoms with Gasteiger partial charge >= 0.3 is 0 Å². The highest BCUT2D eigenvalue weighted by Gasteiger charge is 2.26. The molecule has 0 aromatic heterocycles. The summed E-state index contributed by atoms with van der Waals surface area (Å²) in [6.07, 6.45) is 0. The van der Waals surface area contributed by atoms with Gasteiger partial charge in [0.05, 0.1) is 0 Å². The topological polar surface area (TPSA) is 0 Å². The maximum Gasteiger partial charge on any atom is 0.0347 e. The van der Waals surface area contributed by atoms with Crippen molar-refractivity contribution in [2.24, 2.45) is 0 Å². The minimum atomic E-state index is 0.146. The molecule has 3 rings (SSSR count). The van der Waals surface area contributed by atoms with E-state index in [1.54, 1.807) is 0 Å². The molecule has 0 aliphatic rings. The van der Waals surface area contributed by atoms with Crippen LogP contribution in [-0.2, 0) is 16.2 Å². The fourth-order valence-corrected chi connectivity index (χ4v) is 4.90. The minimum Gasteiger partial charge on any atom is -0.0582 e. The highest BCUT2D eigenvalue weighted by molar-refractivity contribution is 5.53. The molecule has 0 atom stereocenters. The Morgan fingerprint density at radius 1 is 0.412 bits per heavy atom.